The number of hydrogen-bond donors (Lipinski definition) is 1. The zero-order valence-corrected chi connectivity index (χ0v) is 11.6. The van der Waals surface area contributed by atoms with Crippen LogP contribution in [0.5, 0.6) is 0 Å². The van der Waals surface area contributed by atoms with E-state index in [1.807, 2.05) is 30.3 Å². The standard InChI is InChI=1S/C17H24O2/c18-16(15-6-2-1-3-7-15)12-14-8-11-19-17(13-14)9-4-5-10-17/h1-3,6-7,14,16,18H,4-5,8-13H2. The maximum atomic E-state index is 10.4. The first-order valence-corrected chi connectivity index (χ1v) is 7.64. The average molecular weight is 260 g/mol. The largest absolute Gasteiger partial charge is 0.388 e. The smallest absolute Gasteiger partial charge is 0.0792 e. The van der Waals surface area contributed by atoms with E-state index < -0.39 is 0 Å². The zero-order chi connectivity index (χ0) is 13.1. The molecule has 0 radical (unpaired) electrons. The van der Waals surface area contributed by atoms with E-state index in [1.54, 1.807) is 0 Å². The van der Waals surface area contributed by atoms with Gasteiger partial charge in [-0.3, -0.25) is 0 Å². The molecular formula is C17H24O2. The predicted molar refractivity (Wildman–Crippen MR) is 75.9 cm³/mol. The van der Waals surface area contributed by atoms with Crippen molar-refractivity contribution in [2.75, 3.05) is 6.61 Å². The summed E-state index contributed by atoms with van der Waals surface area (Å²) in [6.45, 7) is 0.881. The van der Waals surface area contributed by atoms with Gasteiger partial charge in [-0.05, 0) is 43.6 Å². The number of aliphatic hydroxyl groups excluding tert-OH is 1. The van der Waals surface area contributed by atoms with Gasteiger partial charge in [-0.2, -0.15) is 0 Å². The lowest BCUT2D eigenvalue weighted by Crippen LogP contribution is -2.37. The van der Waals surface area contributed by atoms with E-state index in [0.29, 0.717) is 5.92 Å². The summed E-state index contributed by atoms with van der Waals surface area (Å²) < 4.78 is 6.06. The Bertz CT molecular complexity index is 395. The van der Waals surface area contributed by atoms with Crippen molar-refractivity contribution in [3.8, 4) is 0 Å². The van der Waals surface area contributed by atoms with E-state index >= 15 is 0 Å². The van der Waals surface area contributed by atoms with Crippen LogP contribution in [0.1, 0.15) is 56.6 Å². The summed E-state index contributed by atoms with van der Waals surface area (Å²) in [4.78, 5) is 0. The van der Waals surface area contributed by atoms with Crippen molar-refractivity contribution in [2.45, 2.75) is 56.7 Å². The third-order valence-corrected chi connectivity index (χ3v) is 4.85. The molecule has 3 rings (SSSR count). The molecule has 1 aliphatic heterocycles. The fourth-order valence-corrected chi connectivity index (χ4v) is 3.83. The van der Waals surface area contributed by atoms with Crippen LogP contribution in [0.3, 0.4) is 0 Å². The van der Waals surface area contributed by atoms with Crippen molar-refractivity contribution in [3.63, 3.8) is 0 Å². The normalized spacial score (nSPS) is 27.5. The topological polar surface area (TPSA) is 29.5 Å². The van der Waals surface area contributed by atoms with Gasteiger partial charge >= 0.3 is 0 Å². The maximum Gasteiger partial charge on any atom is 0.0792 e. The molecule has 1 aromatic rings. The second-order valence-electron chi connectivity index (χ2n) is 6.26. The lowest BCUT2D eigenvalue weighted by atomic mass is 9.81. The number of rotatable bonds is 3. The Kier molecular flexibility index (Phi) is 3.90. The highest BCUT2D eigenvalue weighted by Crippen LogP contribution is 2.44. The molecule has 2 nitrogen and oxygen atoms in total. The number of aliphatic hydroxyl groups is 1. The van der Waals surface area contributed by atoms with E-state index in [0.717, 1.165) is 31.4 Å². The minimum Gasteiger partial charge on any atom is -0.388 e. The summed E-state index contributed by atoms with van der Waals surface area (Å²) in [6.07, 6.45) is 7.90. The highest BCUT2D eigenvalue weighted by Gasteiger charge is 2.40. The van der Waals surface area contributed by atoms with Crippen LogP contribution in [-0.2, 0) is 4.74 Å². The molecule has 2 fully saturated rings. The van der Waals surface area contributed by atoms with Crippen molar-refractivity contribution in [2.24, 2.45) is 5.92 Å². The van der Waals surface area contributed by atoms with E-state index in [-0.39, 0.29) is 11.7 Å². The summed E-state index contributed by atoms with van der Waals surface area (Å²) in [7, 11) is 0. The Morgan fingerprint density at radius 2 is 1.95 bits per heavy atom. The third-order valence-electron chi connectivity index (χ3n) is 4.85. The van der Waals surface area contributed by atoms with Crippen LogP contribution in [0.25, 0.3) is 0 Å². The van der Waals surface area contributed by atoms with Crippen molar-refractivity contribution in [1.29, 1.82) is 0 Å². The van der Waals surface area contributed by atoms with Crippen LogP contribution >= 0.6 is 0 Å². The van der Waals surface area contributed by atoms with Gasteiger partial charge in [0.2, 0.25) is 0 Å². The second-order valence-corrected chi connectivity index (χ2v) is 6.26. The fraction of sp³-hybridized carbons (Fsp3) is 0.647. The summed E-state index contributed by atoms with van der Waals surface area (Å²) in [5.74, 6) is 0.613. The highest BCUT2D eigenvalue weighted by atomic mass is 16.5. The van der Waals surface area contributed by atoms with Gasteiger partial charge in [0.25, 0.3) is 0 Å². The van der Waals surface area contributed by atoms with E-state index in [4.69, 9.17) is 4.74 Å². The Morgan fingerprint density at radius 1 is 1.21 bits per heavy atom. The molecular weight excluding hydrogens is 236 g/mol. The summed E-state index contributed by atoms with van der Waals surface area (Å²) in [5, 5.41) is 10.4. The van der Waals surface area contributed by atoms with Gasteiger partial charge in [0.15, 0.2) is 0 Å². The van der Waals surface area contributed by atoms with Crippen LogP contribution in [0.2, 0.25) is 0 Å². The SMILES string of the molecule is OC(CC1CCOC2(CCCC2)C1)c1ccccc1. The monoisotopic (exact) mass is 260 g/mol. The molecule has 1 spiro atoms. The minimum absolute atomic E-state index is 0.166. The van der Waals surface area contributed by atoms with E-state index in [2.05, 4.69) is 0 Å². The third kappa shape index (κ3) is 3.01. The lowest BCUT2D eigenvalue weighted by Gasteiger charge is -2.39. The van der Waals surface area contributed by atoms with Crippen LogP contribution in [0, 0.1) is 5.92 Å². The molecule has 1 saturated carbocycles. The molecule has 2 heteroatoms. The highest BCUT2D eigenvalue weighted by molar-refractivity contribution is 5.17. The van der Waals surface area contributed by atoms with Crippen LogP contribution < -0.4 is 0 Å². The number of hydrogen-bond acceptors (Lipinski definition) is 2. The number of ether oxygens (including phenoxy) is 1. The molecule has 0 bridgehead atoms. The van der Waals surface area contributed by atoms with Crippen LogP contribution in [0.15, 0.2) is 30.3 Å². The molecule has 2 atom stereocenters. The van der Waals surface area contributed by atoms with Crippen molar-refractivity contribution < 1.29 is 9.84 Å². The van der Waals surface area contributed by atoms with E-state index in [1.165, 1.54) is 25.7 Å². The van der Waals surface area contributed by atoms with Gasteiger partial charge in [0.05, 0.1) is 11.7 Å². The first-order valence-electron chi connectivity index (χ1n) is 7.64. The Hall–Kier alpha value is -0.860. The van der Waals surface area contributed by atoms with Gasteiger partial charge in [-0.1, -0.05) is 43.2 Å². The molecule has 1 heterocycles. The molecule has 0 aromatic heterocycles. The van der Waals surface area contributed by atoms with Crippen LogP contribution in [-0.4, -0.2) is 17.3 Å². The maximum absolute atomic E-state index is 10.4. The van der Waals surface area contributed by atoms with Gasteiger partial charge in [0.1, 0.15) is 0 Å². The summed E-state index contributed by atoms with van der Waals surface area (Å²) in [5.41, 5.74) is 1.22. The Morgan fingerprint density at radius 3 is 2.68 bits per heavy atom. The fourth-order valence-electron chi connectivity index (χ4n) is 3.83. The van der Waals surface area contributed by atoms with Gasteiger partial charge in [-0.25, -0.2) is 0 Å². The van der Waals surface area contributed by atoms with Crippen molar-refractivity contribution in [3.05, 3.63) is 35.9 Å². The molecule has 0 amide bonds. The van der Waals surface area contributed by atoms with E-state index in [9.17, 15) is 5.11 Å². The predicted octanol–water partition coefficient (Wildman–Crippen LogP) is 3.85. The van der Waals surface area contributed by atoms with Gasteiger partial charge < -0.3 is 9.84 Å². The average Bonchev–Trinajstić information content (AvgIpc) is 2.88. The molecule has 2 unspecified atom stereocenters. The van der Waals surface area contributed by atoms with Crippen molar-refractivity contribution in [1.82, 2.24) is 0 Å². The quantitative estimate of drug-likeness (QED) is 0.894. The molecule has 2 aliphatic rings. The molecule has 19 heavy (non-hydrogen) atoms. The second kappa shape index (κ2) is 5.64. The molecule has 1 N–H and O–H groups in total. The molecule has 104 valence electrons. The molecule has 1 aliphatic carbocycles. The summed E-state index contributed by atoms with van der Waals surface area (Å²) >= 11 is 0. The summed E-state index contributed by atoms with van der Waals surface area (Å²) in [6, 6.07) is 10.0. The van der Waals surface area contributed by atoms with Crippen LogP contribution in [0.4, 0.5) is 0 Å². The molecule has 1 saturated heterocycles. The first kappa shape index (κ1) is 13.1. The Balaban J connectivity index is 1.60. The first-order chi connectivity index (χ1) is 9.27. The minimum atomic E-state index is -0.317. The molecule has 1 aromatic carbocycles. The van der Waals surface area contributed by atoms with Crippen molar-refractivity contribution >= 4 is 0 Å². The van der Waals surface area contributed by atoms with Gasteiger partial charge in [-0.15, -0.1) is 0 Å². The Labute approximate surface area is 115 Å². The van der Waals surface area contributed by atoms with Gasteiger partial charge in [0, 0.05) is 6.61 Å². The lowest BCUT2D eigenvalue weighted by molar-refractivity contribution is -0.0982. The number of benzene rings is 1. The zero-order valence-electron chi connectivity index (χ0n) is 11.6.